The molecule has 0 amide bonds. The summed E-state index contributed by atoms with van der Waals surface area (Å²) in [7, 11) is 0. The minimum absolute atomic E-state index is 0.176. The molecule has 0 aliphatic carbocycles. The molecule has 0 aliphatic heterocycles. The number of hydrogen-bond donors (Lipinski definition) is 1. The summed E-state index contributed by atoms with van der Waals surface area (Å²) >= 11 is 2.63. The van der Waals surface area contributed by atoms with Crippen molar-refractivity contribution in [1.29, 1.82) is 0 Å². The Kier molecular flexibility index (Phi) is 3.42. The van der Waals surface area contributed by atoms with Crippen LogP contribution in [0.5, 0.6) is 0 Å². The van der Waals surface area contributed by atoms with E-state index >= 15 is 0 Å². The Morgan fingerprint density at radius 1 is 1.35 bits per heavy atom. The van der Waals surface area contributed by atoms with E-state index in [1.54, 1.807) is 0 Å². The standard InChI is InChI=1S/C12H10BrF3N2O2/c1-11(2,20)6-3-4-18-7(5-6)17-9(12(14,15)16)8(13)10(18)19/h3-5,20H,1-2H3. The SMILES string of the molecule is CC(C)(O)c1ccn2c(=O)c(Br)c(C(F)(F)F)nc2c1. The summed E-state index contributed by atoms with van der Waals surface area (Å²) in [6.07, 6.45) is -3.46. The molecule has 2 heterocycles. The smallest absolute Gasteiger partial charge is 0.386 e. The first-order chi connectivity index (χ1) is 9.01. The van der Waals surface area contributed by atoms with Gasteiger partial charge < -0.3 is 5.11 Å². The molecule has 4 nitrogen and oxygen atoms in total. The molecule has 20 heavy (non-hydrogen) atoms. The Hall–Kier alpha value is -1.41. The van der Waals surface area contributed by atoms with Crippen LogP contribution in [0, 0.1) is 0 Å². The monoisotopic (exact) mass is 350 g/mol. The molecule has 0 fully saturated rings. The number of aliphatic hydroxyl groups is 1. The molecule has 0 aliphatic rings. The van der Waals surface area contributed by atoms with Crippen LogP contribution in [0.25, 0.3) is 5.65 Å². The Labute approximate surface area is 120 Å². The van der Waals surface area contributed by atoms with Crippen LogP contribution < -0.4 is 5.56 Å². The first kappa shape index (κ1) is 15.0. The Balaban J connectivity index is 2.83. The molecule has 2 aromatic rings. The topological polar surface area (TPSA) is 54.6 Å². The Bertz CT molecular complexity index is 732. The van der Waals surface area contributed by atoms with Gasteiger partial charge in [-0.2, -0.15) is 13.2 Å². The largest absolute Gasteiger partial charge is 0.434 e. The molecule has 108 valence electrons. The molecule has 0 atom stereocenters. The van der Waals surface area contributed by atoms with Crippen LogP contribution in [0.4, 0.5) is 13.2 Å². The van der Waals surface area contributed by atoms with E-state index in [4.69, 9.17) is 0 Å². The Morgan fingerprint density at radius 3 is 2.45 bits per heavy atom. The number of rotatable bonds is 1. The molecule has 0 unspecified atom stereocenters. The lowest BCUT2D eigenvalue weighted by Gasteiger charge is -2.18. The van der Waals surface area contributed by atoms with Crippen LogP contribution in [-0.2, 0) is 11.8 Å². The van der Waals surface area contributed by atoms with Gasteiger partial charge in [0.05, 0.1) is 5.60 Å². The average Bonchev–Trinajstić information content (AvgIpc) is 2.30. The second-order valence-corrected chi connectivity index (χ2v) is 5.57. The second-order valence-electron chi connectivity index (χ2n) is 4.78. The quantitative estimate of drug-likeness (QED) is 0.860. The summed E-state index contributed by atoms with van der Waals surface area (Å²) in [6, 6.07) is 2.71. The Morgan fingerprint density at radius 2 is 1.95 bits per heavy atom. The van der Waals surface area contributed by atoms with E-state index in [9.17, 15) is 23.1 Å². The minimum atomic E-state index is -4.74. The predicted octanol–water partition coefficient (Wildman–Crippen LogP) is 2.70. The van der Waals surface area contributed by atoms with Crippen molar-refractivity contribution in [2.24, 2.45) is 0 Å². The van der Waals surface area contributed by atoms with E-state index in [1.807, 2.05) is 0 Å². The zero-order valence-electron chi connectivity index (χ0n) is 10.5. The molecule has 0 radical (unpaired) electrons. The van der Waals surface area contributed by atoms with Crippen molar-refractivity contribution in [3.8, 4) is 0 Å². The first-order valence-corrected chi connectivity index (χ1v) is 6.33. The van der Waals surface area contributed by atoms with Crippen LogP contribution in [0.15, 0.2) is 27.6 Å². The molecule has 0 aromatic carbocycles. The van der Waals surface area contributed by atoms with Crippen LogP contribution in [0.3, 0.4) is 0 Å². The van der Waals surface area contributed by atoms with Crippen molar-refractivity contribution in [3.05, 3.63) is 44.4 Å². The highest BCUT2D eigenvalue weighted by Crippen LogP contribution is 2.32. The highest BCUT2D eigenvalue weighted by Gasteiger charge is 2.37. The number of aromatic nitrogens is 2. The van der Waals surface area contributed by atoms with Crippen molar-refractivity contribution in [2.75, 3.05) is 0 Å². The van der Waals surface area contributed by atoms with Gasteiger partial charge in [-0.15, -0.1) is 0 Å². The molecule has 2 aromatic heterocycles. The van der Waals surface area contributed by atoms with E-state index in [0.717, 1.165) is 4.40 Å². The molecule has 2 rings (SSSR count). The van der Waals surface area contributed by atoms with Crippen molar-refractivity contribution < 1.29 is 18.3 Å². The van der Waals surface area contributed by atoms with Gasteiger partial charge in [0.1, 0.15) is 10.1 Å². The number of pyridine rings is 1. The molecule has 0 spiro atoms. The van der Waals surface area contributed by atoms with Crippen molar-refractivity contribution >= 4 is 21.6 Å². The molecule has 0 bridgehead atoms. The minimum Gasteiger partial charge on any atom is -0.386 e. The van der Waals surface area contributed by atoms with E-state index in [-0.39, 0.29) is 5.65 Å². The van der Waals surface area contributed by atoms with Gasteiger partial charge in [-0.3, -0.25) is 9.20 Å². The van der Waals surface area contributed by atoms with E-state index < -0.39 is 27.5 Å². The van der Waals surface area contributed by atoms with E-state index in [0.29, 0.717) is 5.56 Å². The van der Waals surface area contributed by atoms with Gasteiger partial charge in [-0.1, -0.05) is 0 Å². The fourth-order valence-electron chi connectivity index (χ4n) is 1.68. The summed E-state index contributed by atoms with van der Waals surface area (Å²) in [5.41, 5.74) is -3.20. The second kappa shape index (κ2) is 4.56. The third kappa shape index (κ3) is 2.57. The summed E-state index contributed by atoms with van der Waals surface area (Å²) in [5, 5.41) is 9.85. The summed E-state index contributed by atoms with van der Waals surface area (Å²) in [5.74, 6) is 0. The fraction of sp³-hybridized carbons (Fsp3) is 0.333. The summed E-state index contributed by atoms with van der Waals surface area (Å²) in [6.45, 7) is 2.97. The first-order valence-electron chi connectivity index (χ1n) is 5.54. The molecular weight excluding hydrogens is 341 g/mol. The third-order valence-corrected chi connectivity index (χ3v) is 3.47. The lowest BCUT2D eigenvalue weighted by molar-refractivity contribution is -0.141. The molecule has 0 saturated carbocycles. The highest BCUT2D eigenvalue weighted by molar-refractivity contribution is 9.10. The normalized spacial score (nSPS) is 12.9. The van der Waals surface area contributed by atoms with Crippen molar-refractivity contribution in [3.63, 3.8) is 0 Å². The molecule has 0 saturated heterocycles. The van der Waals surface area contributed by atoms with Gasteiger partial charge in [0.2, 0.25) is 0 Å². The molecular formula is C12H10BrF3N2O2. The number of fused-ring (bicyclic) bond motifs is 1. The molecule has 1 N–H and O–H groups in total. The predicted molar refractivity (Wildman–Crippen MR) is 69.4 cm³/mol. The maximum absolute atomic E-state index is 12.8. The summed E-state index contributed by atoms with van der Waals surface area (Å²) in [4.78, 5) is 15.3. The maximum Gasteiger partial charge on any atom is 0.434 e. The van der Waals surface area contributed by atoms with E-state index in [1.165, 1.54) is 32.2 Å². The zero-order chi connectivity index (χ0) is 15.3. The van der Waals surface area contributed by atoms with Crippen LogP contribution in [-0.4, -0.2) is 14.5 Å². The van der Waals surface area contributed by atoms with Crippen LogP contribution in [0.1, 0.15) is 25.1 Å². The van der Waals surface area contributed by atoms with Gasteiger partial charge >= 0.3 is 6.18 Å². The molecule has 8 heteroatoms. The summed E-state index contributed by atoms with van der Waals surface area (Å²) < 4.78 is 38.7. The van der Waals surface area contributed by atoms with Crippen molar-refractivity contribution in [2.45, 2.75) is 25.6 Å². The average molecular weight is 351 g/mol. The van der Waals surface area contributed by atoms with Crippen LogP contribution in [0.2, 0.25) is 0 Å². The van der Waals surface area contributed by atoms with Gasteiger partial charge in [0.25, 0.3) is 5.56 Å². The van der Waals surface area contributed by atoms with Crippen molar-refractivity contribution in [1.82, 2.24) is 9.38 Å². The fourth-order valence-corrected chi connectivity index (χ4v) is 2.19. The number of hydrogen-bond acceptors (Lipinski definition) is 3. The lowest BCUT2D eigenvalue weighted by atomic mass is 10.00. The van der Waals surface area contributed by atoms with E-state index in [2.05, 4.69) is 20.9 Å². The lowest BCUT2D eigenvalue weighted by Crippen LogP contribution is -2.24. The van der Waals surface area contributed by atoms with Gasteiger partial charge in [0.15, 0.2) is 5.69 Å². The van der Waals surface area contributed by atoms with Gasteiger partial charge in [-0.25, -0.2) is 4.98 Å². The van der Waals surface area contributed by atoms with Gasteiger partial charge in [-0.05, 0) is 47.5 Å². The number of halogens is 4. The number of alkyl halides is 3. The highest BCUT2D eigenvalue weighted by atomic mass is 79.9. The van der Waals surface area contributed by atoms with Gasteiger partial charge in [0, 0.05) is 6.20 Å². The maximum atomic E-state index is 12.8. The van der Waals surface area contributed by atoms with Crippen LogP contribution >= 0.6 is 15.9 Å². The zero-order valence-corrected chi connectivity index (χ0v) is 12.1. The number of nitrogens with zero attached hydrogens (tertiary/aromatic N) is 2. The third-order valence-electron chi connectivity index (χ3n) is 2.75.